The smallest absolute Gasteiger partial charge is 0.281 e. The van der Waals surface area contributed by atoms with Crippen molar-refractivity contribution in [2.45, 2.75) is 0 Å². The number of aromatic hydroxyl groups is 1. The lowest BCUT2D eigenvalue weighted by molar-refractivity contribution is -0.384. The maximum absolute atomic E-state index is 12.2. The van der Waals surface area contributed by atoms with Crippen molar-refractivity contribution in [2.24, 2.45) is 5.10 Å². The summed E-state index contributed by atoms with van der Waals surface area (Å²) in [5, 5.41) is 25.0. The Morgan fingerprint density at radius 2 is 2.12 bits per heavy atom. The second-order valence-corrected chi connectivity index (χ2v) is 7.47. The van der Waals surface area contributed by atoms with Crippen LogP contribution >= 0.6 is 38.9 Å². The van der Waals surface area contributed by atoms with Crippen molar-refractivity contribution >= 4 is 66.8 Å². The topological polar surface area (TPSA) is 105 Å². The molecule has 0 atom stereocenters. The molecule has 0 aliphatic rings. The number of amides is 1. The number of thiophene rings is 1. The summed E-state index contributed by atoms with van der Waals surface area (Å²) in [6, 6.07) is 9.08. The second-order valence-electron chi connectivity index (χ2n) is 5.12. The Morgan fingerprint density at radius 3 is 2.81 bits per heavy atom. The number of halogens is 2. The Hall–Kier alpha value is -2.49. The number of phenolic OH excluding ortho intramolecular Hbond substituents is 1. The number of phenols is 1. The highest BCUT2D eigenvalue weighted by Crippen LogP contribution is 2.32. The molecule has 0 saturated carbocycles. The van der Waals surface area contributed by atoms with E-state index in [-0.39, 0.29) is 16.5 Å². The molecule has 0 spiro atoms. The van der Waals surface area contributed by atoms with Crippen LogP contribution in [-0.2, 0) is 0 Å². The number of fused-ring (bicyclic) bond motifs is 1. The van der Waals surface area contributed by atoms with Crippen LogP contribution in [0.5, 0.6) is 5.75 Å². The van der Waals surface area contributed by atoms with E-state index in [1.165, 1.54) is 35.8 Å². The number of carbonyl (C=O) groups excluding carboxylic acids is 1. The SMILES string of the molecule is O=C(N/N=C/c1cc(Cl)c(O)c(Br)c1)c1cc2cc([N+](=O)[O-])ccc2s1. The fraction of sp³-hybridized carbons (Fsp3) is 0. The summed E-state index contributed by atoms with van der Waals surface area (Å²) in [6.07, 6.45) is 1.38. The van der Waals surface area contributed by atoms with Crippen molar-refractivity contribution in [1.29, 1.82) is 0 Å². The molecule has 2 aromatic carbocycles. The van der Waals surface area contributed by atoms with E-state index in [0.29, 0.717) is 20.3 Å². The molecule has 1 heterocycles. The summed E-state index contributed by atoms with van der Waals surface area (Å²) in [7, 11) is 0. The molecule has 3 rings (SSSR count). The molecule has 0 radical (unpaired) electrons. The van der Waals surface area contributed by atoms with E-state index in [9.17, 15) is 20.0 Å². The number of nitro benzene ring substituents is 1. The Morgan fingerprint density at radius 1 is 1.35 bits per heavy atom. The molecule has 10 heteroatoms. The summed E-state index contributed by atoms with van der Waals surface area (Å²) >= 11 is 10.2. The van der Waals surface area contributed by atoms with Crippen molar-refractivity contribution in [3.8, 4) is 5.75 Å². The van der Waals surface area contributed by atoms with Gasteiger partial charge in [-0.15, -0.1) is 11.3 Å². The Bertz CT molecular complexity index is 1040. The summed E-state index contributed by atoms with van der Waals surface area (Å²) in [5.41, 5.74) is 2.93. The van der Waals surface area contributed by atoms with Gasteiger partial charge in [0, 0.05) is 22.2 Å². The van der Waals surface area contributed by atoms with Gasteiger partial charge in [0.2, 0.25) is 0 Å². The van der Waals surface area contributed by atoms with Gasteiger partial charge in [-0.05, 0) is 45.8 Å². The van der Waals surface area contributed by atoms with Crippen LogP contribution in [0.1, 0.15) is 15.2 Å². The zero-order valence-corrected chi connectivity index (χ0v) is 15.9. The van der Waals surface area contributed by atoms with Crippen molar-refractivity contribution in [1.82, 2.24) is 5.43 Å². The van der Waals surface area contributed by atoms with Gasteiger partial charge in [-0.1, -0.05) is 11.6 Å². The average molecular weight is 455 g/mol. The zero-order chi connectivity index (χ0) is 18.8. The summed E-state index contributed by atoms with van der Waals surface area (Å²) in [4.78, 5) is 22.9. The first-order valence-corrected chi connectivity index (χ1v) is 9.03. The van der Waals surface area contributed by atoms with Crippen LogP contribution in [0.15, 0.2) is 46.0 Å². The number of nitrogens with zero attached hydrogens (tertiary/aromatic N) is 2. The molecule has 2 N–H and O–H groups in total. The molecule has 132 valence electrons. The molecule has 1 amide bonds. The quantitative estimate of drug-likeness (QED) is 0.339. The standard InChI is InChI=1S/C16H9BrClN3O4S/c17-11-3-8(4-12(18)15(11)22)7-19-20-16(23)14-6-9-5-10(21(24)25)1-2-13(9)26-14/h1-7,22H,(H,20,23)/b19-7+. The van der Waals surface area contributed by atoms with Gasteiger partial charge in [-0.2, -0.15) is 5.10 Å². The van der Waals surface area contributed by atoms with Crippen molar-refractivity contribution < 1.29 is 14.8 Å². The van der Waals surface area contributed by atoms with E-state index in [1.54, 1.807) is 18.2 Å². The lowest BCUT2D eigenvalue weighted by atomic mass is 10.2. The number of non-ortho nitro benzene ring substituents is 1. The van der Waals surface area contributed by atoms with Gasteiger partial charge >= 0.3 is 0 Å². The summed E-state index contributed by atoms with van der Waals surface area (Å²) in [6.45, 7) is 0. The molecule has 0 bridgehead atoms. The molecular weight excluding hydrogens is 446 g/mol. The number of hydrogen-bond acceptors (Lipinski definition) is 6. The van der Waals surface area contributed by atoms with E-state index >= 15 is 0 Å². The van der Waals surface area contributed by atoms with E-state index in [2.05, 4.69) is 26.5 Å². The van der Waals surface area contributed by atoms with Crippen LogP contribution in [0.3, 0.4) is 0 Å². The van der Waals surface area contributed by atoms with Crippen LogP contribution in [0.25, 0.3) is 10.1 Å². The van der Waals surface area contributed by atoms with Gasteiger partial charge in [0.05, 0.1) is 25.5 Å². The Kier molecular flexibility index (Phi) is 5.21. The number of rotatable bonds is 4. The largest absolute Gasteiger partial charge is 0.505 e. The maximum atomic E-state index is 12.2. The van der Waals surface area contributed by atoms with Crippen LogP contribution < -0.4 is 5.43 Å². The van der Waals surface area contributed by atoms with Crippen LogP contribution in [-0.4, -0.2) is 22.2 Å². The molecule has 0 aliphatic heterocycles. The molecule has 0 fully saturated rings. The minimum Gasteiger partial charge on any atom is -0.505 e. The fourth-order valence-corrected chi connectivity index (χ4v) is 3.89. The van der Waals surface area contributed by atoms with Crippen molar-refractivity contribution in [2.75, 3.05) is 0 Å². The average Bonchev–Trinajstić information content (AvgIpc) is 3.02. The highest BCUT2D eigenvalue weighted by molar-refractivity contribution is 9.10. The Balaban J connectivity index is 1.76. The van der Waals surface area contributed by atoms with Crippen LogP contribution in [0.4, 0.5) is 5.69 Å². The third-order valence-electron chi connectivity index (χ3n) is 3.35. The lowest BCUT2D eigenvalue weighted by Gasteiger charge is -2.01. The van der Waals surface area contributed by atoms with Gasteiger partial charge in [-0.25, -0.2) is 5.43 Å². The van der Waals surface area contributed by atoms with Gasteiger partial charge in [-0.3, -0.25) is 14.9 Å². The van der Waals surface area contributed by atoms with E-state index < -0.39 is 10.8 Å². The van der Waals surface area contributed by atoms with Crippen molar-refractivity contribution in [3.63, 3.8) is 0 Å². The fourth-order valence-electron chi connectivity index (χ4n) is 2.14. The maximum Gasteiger partial charge on any atom is 0.281 e. The summed E-state index contributed by atoms with van der Waals surface area (Å²) < 4.78 is 1.17. The highest BCUT2D eigenvalue weighted by atomic mass is 79.9. The van der Waals surface area contributed by atoms with Gasteiger partial charge in [0.1, 0.15) is 5.75 Å². The van der Waals surface area contributed by atoms with E-state index in [0.717, 1.165) is 4.70 Å². The second kappa shape index (κ2) is 7.40. The third-order valence-corrected chi connectivity index (χ3v) is 5.36. The third kappa shape index (κ3) is 3.85. The van der Waals surface area contributed by atoms with Gasteiger partial charge in [0.15, 0.2) is 0 Å². The van der Waals surface area contributed by atoms with Gasteiger partial charge < -0.3 is 5.11 Å². The lowest BCUT2D eigenvalue weighted by Crippen LogP contribution is -2.16. The van der Waals surface area contributed by atoms with E-state index in [4.69, 9.17) is 11.6 Å². The molecular formula is C16H9BrClN3O4S. The van der Waals surface area contributed by atoms with E-state index in [1.807, 2.05) is 0 Å². The van der Waals surface area contributed by atoms with Crippen molar-refractivity contribution in [3.05, 3.63) is 66.4 Å². The monoisotopic (exact) mass is 453 g/mol. The minimum absolute atomic E-state index is 0.0323. The summed E-state index contributed by atoms with van der Waals surface area (Å²) in [5.74, 6) is -0.513. The Labute approximate surface area is 164 Å². The normalized spacial score (nSPS) is 11.2. The molecule has 0 unspecified atom stereocenters. The molecule has 1 aromatic heterocycles. The molecule has 26 heavy (non-hydrogen) atoms. The molecule has 7 nitrogen and oxygen atoms in total. The highest BCUT2D eigenvalue weighted by Gasteiger charge is 2.13. The first-order chi connectivity index (χ1) is 12.3. The predicted molar refractivity (Wildman–Crippen MR) is 104 cm³/mol. The van der Waals surface area contributed by atoms with Gasteiger partial charge in [0.25, 0.3) is 11.6 Å². The number of benzene rings is 2. The molecule has 3 aromatic rings. The number of nitro groups is 1. The zero-order valence-electron chi connectivity index (χ0n) is 12.8. The first kappa shape index (κ1) is 18.3. The molecule has 0 saturated heterocycles. The minimum atomic E-state index is -0.484. The molecule has 0 aliphatic carbocycles. The number of hydrazone groups is 1. The number of carbonyl (C=O) groups is 1. The van der Waals surface area contributed by atoms with Crippen LogP contribution in [0.2, 0.25) is 5.02 Å². The first-order valence-electron chi connectivity index (χ1n) is 7.04. The predicted octanol–water partition coefficient (Wildman–Crippen LogP) is 4.69. The van der Waals surface area contributed by atoms with Crippen LogP contribution in [0, 0.1) is 10.1 Å². The number of nitrogens with one attached hydrogen (secondary N) is 1. The number of hydrogen-bond donors (Lipinski definition) is 2.